The third-order valence-electron chi connectivity index (χ3n) is 3.83. The molecule has 0 saturated carbocycles. The Morgan fingerprint density at radius 3 is 2.48 bits per heavy atom. The van der Waals surface area contributed by atoms with Crippen LogP contribution in [0.3, 0.4) is 0 Å². The molecule has 0 saturated heterocycles. The molecule has 0 bridgehead atoms. The van der Waals surface area contributed by atoms with Crippen LogP contribution >= 0.6 is 0 Å². The lowest BCUT2D eigenvalue weighted by Gasteiger charge is -2.14. The minimum Gasteiger partial charge on any atom is -0.497 e. The number of methoxy groups -OCH3 is 1. The van der Waals surface area contributed by atoms with Crippen LogP contribution in [0.5, 0.6) is 23.0 Å². The number of halogens is 3. The van der Waals surface area contributed by atoms with Gasteiger partial charge in [0, 0.05) is 12.1 Å². The fourth-order valence-corrected chi connectivity index (χ4v) is 2.51. The summed E-state index contributed by atoms with van der Waals surface area (Å²) < 4.78 is 61.5. The van der Waals surface area contributed by atoms with Crippen LogP contribution in [0.4, 0.5) is 13.2 Å². The van der Waals surface area contributed by atoms with E-state index in [9.17, 15) is 18.0 Å². The van der Waals surface area contributed by atoms with E-state index in [1.54, 1.807) is 13.0 Å². The molecule has 0 aliphatic carbocycles. The molecular formula is C21H17F3O5. The number of rotatable bonds is 6. The quantitative estimate of drug-likeness (QED) is 0.501. The predicted molar refractivity (Wildman–Crippen MR) is 101 cm³/mol. The van der Waals surface area contributed by atoms with Gasteiger partial charge in [0.15, 0.2) is 0 Å². The van der Waals surface area contributed by atoms with E-state index in [-0.39, 0.29) is 29.1 Å². The van der Waals surface area contributed by atoms with Gasteiger partial charge in [-0.1, -0.05) is 12.6 Å². The third-order valence-corrected chi connectivity index (χ3v) is 3.83. The second-order valence-electron chi connectivity index (χ2n) is 6.27. The van der Waals surface area contributed by atoms with Crippen molar-refractivity contribution in [3.63, 3.8) is 0 Å². The van der Waals surface area contributed by atoms with Gasteiger partial charge in [-0.25, -0.2) is 0 Å². The summed E-state index contributed by atoms with van der Waals surface area (Å²) in [6, 6.07) is 9.89. The number of hydrogen-bond donors (Lipinski definition) is 0. The van der Waals surface area contributed by atoms with Gasteiger partial charge in [0.05, 0.1) is 12.5 Å². The van der Waals surface area contributed by atoms with Gasteiger partial charge in [0.1, 0.15) is 29.4 Å². The van der Waals surface area contributed by atoms with Crippen molar-refractivity contribution in [2.24, 2.45) is 0 Å². The molecule has 0 aliphatic rings. The molecule has 3 rings (SSSR count). The lowest BCUT2D eigenvalue weighted by Crippen LogP contribution is -2.15. The highest BCUT2D eigenvalue weighted by Crippen LogP contribution is 2.39. The second-order valence-corrected chi connectivity index (χ2v) is 6.27. The van der Waals surface area contributed by atoms with E-state index in [4.69, 9.17) is 18.6 Å². The summed E-state index contributed by atoms with van der Waals surface area (Å²) in [7, 11) is 1.40. The number of benzene rings is 2. The van der Waals surface area contributed by atoms with E-state index in [1.165, 1.54) is 43.5 Å². The summed E-state index contributed by atoms with van der Waals surface area (Å²) in [5.74, 6) is -1.87. The van der Waals surface area contributed by atoms with E-state index in [0.717, 1.165) is 5.57 Å². The summed E-state index contributed by atoms with van der Waals surface area (Å²) in [5.41, 5.74) is -0.489. The molecule has 0 fully saturated rings. The van der Waals surface area contributed by atoms with Crippen molar-refractivity contribution in [2.45, 2.75) is 13.1 Å². The first-order valence-electron chi connectivity index (χ1n) is 8.46. The Labute approximate surface area is 163 Å². The monoisotopic (exact) mass is 406 g/mol. The molecule has 0 radical (unpaired) electrons. The van der Waals surface area contributed by atoms with Gasteiger partial charge in [0.2, 0.25) is 11.2 Å². The Balaban J connectivity index is 2.12. The van der Waals surface area contributed by atoms with Crippen molar-refractivity contribution in [1.82, 2.24) is 0 Å². The lowest BCUT2D eigenvalue weighted by molar-refractivity contribution is -0.154. The van der Waals surface area contributed by atoms with Crippen LogP contribution in [-0.4, -0.2) is 13.7 Å². The Hall–Kier alpha value is -3.42. The average molecular weight is 406 g/mol. The first-order chi connectivity index (χ1) is 13.7. The van der Waals surface area contributed by atoms with Gasteiger partial charge in [0.25, 0.3) is 5.76 Å². The van der Waals surface area contributed by atoms with E-state index < -0.39 is 23.1 Å². The summed E-state index contributed by atoms with van der Waals surface area (Å²) >= 11 is 0. The molecule has 29 heavy (non-hydrogen) atoms. The van der Waals surface area contributed by atoms with Crippen molar-refractivity contribution in [3.05, 3.63) is 70.6 Å². The van der Waals surface area contributed by atoms with Crippen molar-refractivity contribution < 1.29 is 31.8 Å². The van der Waals surface area contributed by atoms with Gasteiger partial charge in [-0.15, -0.1) is 0 Å². The fraction of sp³-hybridized carbons (Fsp3) is 0.190. The third kappa shape index (κ3) is 4.53. The Morgan fingerprint density at radius 1 is 1.10 bits per heavy atom. The summed E-state index contributed by atoms with van der Waals surface area (Å²) in [6.45, 7) is 5.60. The van der Waals surface area contributed by atoms with Crippen molar-refractivity contribution >= 4 is 11.0 Å². The van der Waals surface area contributed by atoms with Gasteiger partial charge in [-0.2, -0.15) is 13.2 Å². The second kappa shape index (κ2) is 7.90. The smallest absolute Gasteiger partial charge is 0.453 e. The molecule has 0 aliphatic heterocycles. The summed E-state index contributed by atoms with van der Waals surface area (Å²) in [6.07, 6.45) is -4.95. The van der Waals surface area contributed by atoms with E-state index in [1.807, 2.05) is 0 Å². The molecule has 2 aromatic carbocycles. The maximum atomic E-state index is 13.6. The lowest BCUT2D eigenvalue weighted by atomic mass is 10.2. The first kappa shape index (κ1) is 20.3. The Bertz CT molecular complexity index is 1120. The van der Waals surface area contributed by atoms with Gasteiger partial charge in [-0.05, 0) is 36.8 Å². The topological polar surface area (TPSA) is 57.9 Å². The predicted octanol–water partition coefficient (Wildman–Crippen LogP) is 5.57. The van der Waals surface area contributed by atoms with Crippen LogP contribution in [0.1, 0.15) is 12.7 Å². The Morgan fingerprint density at radius 2 is 1.83 bits per heavy atom. The van der Waals surface area contributed by atoms with E-state index in [0.29, 0.717) is 5.75 Å². The zero-order valence-corrected chi connectivity index (χ0v) is 15.6. The molecule has 152 valence electrons. The molecule has 8 heteroatoms. The van der Waals surface area contributed by atoms with Crippen LogP contribution in [0.15, 0.2) is 63.8 Å². The minimum absolute atomic E-state index is 0.00270. The number of ether oxygens (including phenoxy) is 3. The molecule has 0 amide bonds. The molecule has 0 atom stereocenters. The molecule has 0 unspecified atom stereocenters. The highest BCUT2D eigenvalue weighted by atomic mass is 19.4. The van der Waals surface area contributed by atoms with Crippen molar-refractivity contribution in [1.29, 1.82) is 0 Å². The highest BCUT2D eigenvalue weighted by molar-refractivity contribution is 5.79. The molecule has 5 nitrogen and oxygen atoms in total. The minimum atomic E-state index is -4.95. The fourth-order valence-electron chi connectivity index (χ4n) is 2.51. The molecular weight excluding hydrogens is 389 g/mol. The van der Waals surface area contributed by atoms with E-state index >= 15 is 0 Å². The van der Waals surface area contributed by atoms with Gasteiger partial charge >= 0.3 is 6.18 Å². The van der Waals surface area contributed by atoms with Crippen LogP contribution < -0.4 is 19.6 Å². The number of hydrogen-bond acceptors (Lipinski definition) is 5. The molecule has 1 heterocycles. The largest absolute Gasteiger partial charge is 0.497 e. The van der Waals surface area contributed by atoms with Crippen LogP contribution in [0.25, 0.3) is 11.0 Å². The zero-order valence-electron chi connectivity index (χ0n) is 15.6. The van der Waals surface area contributed by atoms with Gasteiger partial charge < -0.3 is 18.6 Å². The normalized spacial score (nSPS) is 11.3. The summed E-state index contributed by atoms with van der Waals surface area (Å²) in [5, 5.41) is -0.0708. The average Bonchev–Trinajstić information content (AvgIpc) is 2.67. The maximum Gasteiger partial charge on any atom is 0.453 e. The number of fused-ring (bicyclic) bond motifs is 1. The van der Waals surface area contributed by atoms with E-state index in [2.05, 4.69) is 6.58 Å². The van der Waals surface area contributed by atoms with Gasteiger partial charge in [-0.3, -0.25) is 4.79 Å². The maximum absolute atomic E-state index is 13.6. The SMILES string of the molecule is C=C(C)COc1ccc2c(=O)c(Oc3cccc(OC)c3)c(C(F)(F)F)oc2c1. The first-order valence-corrected chi connectivity index (χ1v) is 8.46. The van der Waals surface area contributed by atoms with Crippen LogP contribution in [0, 0.1) is 0 Å². The standard InChI is InChI=1S/C21H17F3O5/c1-12(2)11-27-14-7-8-16-17(10-14)29-20(21(22,23)24)19(18(16)25)28-15-6-4-5-13(9-15)26-3/h4-10H,1,11H2,2-3H3. The number of alkyl halides is 3. The highest BCUT2D eigenvalue weighted by Gasteiger charge is 2.40. The van der Waals surface area contributed by atoms with Crippen molar-refractivity contribution in [3.8, 4) is 23.0 Å². The Kier molecular flexibility index (Phi) is 5.54. The van der Waals surface area contributed by atoms with Crippen molar-refractivity contribution in [2.75, 3.05) is 13.7 Å². The van der Waals surface area contributed by atoms with Crippen LogP contribution in [-0.2, 0) is 6.18 Å². The zero-order chi connectivity index (χ0) is 21.2. The molecule has 0 spiro atoms. The summed E-state index contributed by atoms with van der Waals surface area (Å²) in [4.78, 5) is 12.8. The van der Waals surface area contributed by atoms with Crippen LogP contribution in [0.2, 0.25) is 0 Å². The molecule has 1 aromatic heterocycles. The molecule has 3 aromatic rings. The molecule has 0 N–H and O–H groups in total.